The van der Waals surface area contributed by atoms with Crippen molar-refractivity contribution in [3.05, 3.63) is 57.3 Å². The molecule has 1 aromatic carbocycles. The molecule has 0 saturated carbocycles. The molecule has 4 rings (SSSR count). The highest BCUT2D eigenvalue weighted by atomic mass is 32.1. The van der Waals surface area contributed by atoms with Crippen LogP contribution < -0.4 is 0 Å². The second-order valence-electron chi connectivity index (χ2n) is 6.30. The van der Waals surface area contributed by atoms with Crippen LogP contribution in [0, 0.1) is 0 Å². The van der Waals surface area contributed by atoms with E-state index in [-0.39, 0.29) is 0 Å². The van der Waals surface area contributed by atoms with Gasteiger partial charge in [-0.2, -0.15) is 0 Å². The molecule has 0 N–H and O–H groups in total. The van der Waals surface area contributed by atoms with Crippen molar-refractivity contribution in [3.63, 3.8) is 0 Å². The van der Waals surface area contributed by atoms with Crippen molar-refractivity contribution in [3.8, 4) is 0 Å². The fourth-order valence-corrected chi connectivity index (χ4v) is 4.63. The molecule has 0 radical (unpaired) electrons. The van der Waals surface area contributed by atoms with Crippen LogP contribution in [0.1, 0.15) is 27.6 Å². The van der Waals surface area contributed by atoms with Gasteiger partial charge in [0, 0.05) is 43.5 Å². The fraction of sp³-hybridized carbons (Fsp3) is 0.444. The normalized spacial score (nSPS) is 23.4. The van der Waals surface area contributed by atoms with E-state index in [1.54, 1.807) is 16.0 Å². The Balaban J connectivity index is 1.70. The van der Waals surface area contributed by atoms with Crippen molar-refractivity contribution >= 4 is 11.3 Å². The smallest absolute Gasteiger partial charge is 0.0400 e. The maximum atomic E-state index is 2.70. The summed E-state index contributed by atoms with van der Waals surface area (Å²) in [5, 5.41) is 2.28. The minimum absolute atomic E-state index is 0.573. The number of rotatable bonds is 1. The molecule has 0 amide bonds. The quantitative estimate of drug-likeness (QED) is 0.798. The zero-order valence-electron chi connectivity index (χ0n) is 12.6. The third kappa shape index (κ3) is 2.54. The molecule has 1 saturated heterocycles. The number of thiophene rings is 1. The number of likely N-dealkylation sites (N-methyl/N-ethyl adjacent to an activating group) is 1. The first-order chi connectivity index (χ1) is 10.3. The Hall–Kier alpha value is -1.16. The van der Waals surface area contributed by atoms with E-state index in [4.69, 9.17) is 0 Å². The van der Waals surface area contributed by atoms with Crippen molar-refractivity contribution in [2.24, 2.45) is 0 Å². The molecule has 110 valence electrons. The predicted molar refractivity (Wildman–Crippen MR) is 89.1 cm³/mol. The van der Waals surface area contributed by atoms with Crippen LogP contribution in [-0.4, -0.2) is 43.0 Å². The lowest BCUT2D eigenvalue weighted by Crippen LogP contribution is -2.46. The van der Waals surface area contributed by atoms with Crippen LogP contribution in [0.25, 0.3) is 0 Å². The Labute approximate surface area is 131 Å². The van der Waals surface area contributed by atoms with Crippen LogP contribution in [0.3, 0.4) is 0 Å². The van der Waals surface area contributed by atoms with E-state index in [9.17, 15) is 0 Å². The molecule has 2 aromatic rings. The number of piperazine rings is 1. The molecule has 21 heavy (non-hydrogen) atoms. The highest BCUT2D eigenvalue weighted by molar-refractivity contribution is 7.10. The van der Waals surface area contributed by atoms with Gasteiger partial charge >= 0.3 is 0 Å². The van der Waals surface area contributed by atoms with E-state index in [1.807, 2.05) is 11.3 Å². The highest BCUT2D eigenvalue weighted by Gasteiger charge is 2.29. The number of benzene rings is 1. The summed E-state index contributed by atoms with van der Waals surface area (Å²) in [5.74, 6) is 0. The molecule has 1 unspecified atom stereocenters. The van der Waals surface area contributed by atoms with Crippen molar-refractivity contribution in [2.45, 2.75) is 18.9 Å². The Morgan fingerprint density at radius 2 is 1.76 bits per heavy atom. The molecule has 3 heteroatoms. The number of hydrogen-bond donors (Lipinski definition) is 0. The molecule has 2 aliphatic rings. The average Bonchev–Trinajstić information content (AvgIpc) is 2.89. The summed E-state index contributed by atoms with van der Waals surface area (Å²) < 4.78 is 0. The van der Waals surface area contributed by atoms with Gasteiger partial charge in [0.1, 0.15) is 0 Å². The Morgan fingerprint density at radius 3 is 2.57 bits per heavy atom. The third-order valence-electron chi connectivity index (χ3n) is 5.00. The van der Waals surface area contributed by atoms with Gasteiger partial charge in [0.15, 0.2) is 0 Å². The summed E-state index contributed by atoms with van der Waals surface area (Å²) in [6, 6.07) is 12.0. The molecule has 1 fully saturated rings. The van der Waals surface area contributed by atoms with Crippen LogP contribution in [0.4, 0.5) is 0 Å². The standard InChI is InChI=1S/C18H22N2S/c1-19-7-9-20(10-8-19)17-12-14-4-2-3-5-15(14)13-18-16(17)6-11-21-18/h2-6,11,17H,7-10,12-13H2,1H3. The Morgan fingerprint density at radius 1 is 1.00 bits per heavy atom. The summed E-state index contributed by atoms with van der Waals surface area (Å²) in [6.07, 6.45) is 2.29. The predicted octanol–water partition coefficient (Wildman–Crippen LogP) is 3.18. The minimum Gasteiger partial charge on any atom is -0.304 e. The maximum absolute atomic E-state index is 2.70. The van der Waals surface area contributed by atoms with Gasteiger partial charge < -0.3 is 4.90 Å². The van der Waals surface area contributed by atoms with Gasteiger partial charge in [0.25, 0.3) is 0 Å². The highest BCUT2D eigenvalue weighted by Crippen LogP contribution is 2.37. The van der Waals surface area contributed by atoms with E-state index in [2.05, 4.69) is 52.6 Å². The van der Waals surface area contributed by atoms with Gasteiger partial charge in [0.05, 0.1) is 0 Å². The molecule has 0 spiro atoms. The molecular weight excluding hydrogens is 276 g/mol. The topological polar surface area (TPSA) is 6.48 Å². The molecule has 1 atom stereocenters. The van der Waals surface area contributed by atoms with E-state index >= 15 is 0 Å². The SMILES string of the molecule is CN1CCN(C2Cc3ccccc3Cc3sccc32)CC1. The first-order valence-electron chi connectivity index (χ1n) is 7.87. The van der Waals surface area contributed by atoms with E-state index in [0.29, 0.717) is 6.04 Å². The van der Waals surface area contributed by atoms with Crippen molar-refractivity contribution in [1.82, 2.24) is 9.80 Å². The van der Waals surface area contributed by atoms with E-state index in [1.165, 1.54) is 38.2 Å². The largest absolute Gasteiger partial charge is 0.304 e. The summed E-state index contributed by atoms with van der Waals surface area (Å²) >= 11 is 1.93. The molecular formula is C18H22N2S. The molecule has 2 nitrogen and oxygen atoms in total. The Bertz CT molecular complexity index is 626. The van der Waals surface area contributed by atoms with Crippen LogP contribution >= 0.6 is 11.3 Å². The number of hydrogen-bond acceptors (Lipinski definition) is 3. The van der Waals surface area contributed by atoms with Gasteiger partial charge in [-0.15, -0.1) is 11.3 Å². The second-order valence-corrected chi connectivity index (χ2v) is 7.30. The van der Waals surface area contributed by atoms with Crippen molar-refractivity contribution < 1.29 is 0 Å². The minimum atomic E-state index is 0.573. The first-order valence-corrected chi connectivity index (χ1v) is 8.75. The lowest BCUT2D eigenvalue weighted by Gasteiger charge is -2.38. The van der Waals surface area contributed by atoms with Gasteiger partial charge in [0.2, 0.25) is 0 Å². The number of fused-ring (bicyclic) bond motifs is 2. The monoisotopic (exact) mass is 298 g/mol. The lowest BCUT2D eigenvalue weighted by atomic mass is 9.98. The lowest BCUT2D eigenvalue weighted by molar-refractivity contribution is 0.111. The van der Waals surface area contributed by atoms with E-state index < -0.39 is 0 Å². The van der Waals surface area contributed by atoms with Crippen LogP contribution in [0.5, 0.6) is 0 Å². The van der Waals surface area contributed by atoms with Gasteiger partial charge in [-0.1, -0.05) is 24.3 Å². The zero-order chi connectivity index (χ0) is 14.2. The van der Waals surface area contributed by atoms with Crippen molar-refractivity contribution in [1.29, 1.82) is 0 Å². The summed E-state index contributed by atoms with van der Waals surface area (Å²) in [5.41, 5.74) is 4.66. The molecule has 0 bridgehead atoms. The van der Waals surface area contributed by atoms with Gasteiger partial charge in [-0.25, -0.2) is 0 Å². The summed E-state index contributed by atoms with van der Waals surface area (Å²) in [4.78, 5) is 6.72. The fourth-order valence-electron chi connectivity index (χ4n) is 3.67. The van der Waals surface area contributed by atoms with Gasteiger partial charge in [-0.05, 0) is 41.6 Å². The molecule has 1 aliphatic heterocycles. The van der Waals surface area contributed by atoms with Crippen LogP contribution in [0.15, 0.2) is 35.7 Å². The molecule has 1 aliphatic carbocycles. The number of nitrogens with zero attached hydrogens (tertiary/aromatic N) is 2. The molecule has 1 aromatic heterocycles. The van der Waals surface area contributed by atoms with Crippen LogP contribution in [-0.2, 0) is 12.8 Å². The zero-order valence-corrected chi connectivity index (χ0v) is 13.4. The van der Waals surface area contributed by atoms with Gasteiger partial charge in [-0.3, -0.25) is 4.90 Å². The first kappa shape index (κ1) is 13.5. The Kier molecular flexibility index (Phi) is 3.57. The summed E-state index contributed by atoms with van der Waals surface area (Å²) in [6.45, 7) is 4.77. The van der Waals surface area contributed by atoms with Crippen LogP contribution in [0.2, 0.25) is 0 Å². The summed E-state index contributed by atoms with van der Waals surface area (Å²) in [7, 11) is 2.23. The maximum Gasteiger partial charge on any atom is 0.0400 e. The molecule has 2 heterocycles. The third-order valence-corrected chi connectivity index (χ3v) is 5.94. The van der Waals surface area contributed by atoms with E-state index in [0.717, 1.165) is 6.42 Å². The second kappa shape index (κ2) is 5.56. The van der Waals surface area contributed by atoms with Crippen molar-refractivity contribution in [2.75, 3.05) is 33.2 Å². The average molecular weight is 298 g/mol.